The molecule has 0 radical (unpaired) electrons. The lowest BCUT2D eigenvalue weighted by Gasteiger charge is -2.17. The standard InChI is InChI=1S/C10H18O2/c1-8-3-4-9(5-6-11-8)10(2)7-12-10/h8-9H,3-7H2,1-2H3. The zero-order valence-corrected chi connectivity index (χ0v) is 8.01. The minimum atomic E-state index is 0.216. The van der Waals surface area contributed by atoms with Crippen molar-refractivity contribution >= 4 is 0 Å². The first-order chi connectivity index (χ1) is 5.71. The van der Waals surface area contributed by atoms with E-state index in [9.17, 15) is 0 Å². The Morgan fingerprint density at radius 3 is 2.67 bits per heavy atom. The summed E-state index contributed by atoms with van der Waals surface area (Å²) in [7, 11) is 0. The topological polar surface area (TPSA) is 21.8 Å². The lowest BCUT2D eigenvalue weighted by Crippen LogP contribution is -2.20. The van der Waals surface area contributed by atoms with Gasteiger partial charge in [0.25, 0.3) is 0 Å². The maximum atomic E-state index is 5.60. The second-order valence-corrected chi connectivity index (χ2v) is 4.35. The molecule has 0 N–H and O–H groups in total. The number of epoxide rings is 1. The van der Waals surface area contributed by atoms with Crippen LogP contribution in [0.15, 0.2) is 0 Å². The molecule has 0 spiro atoms. The lowest BCUT2D eigenvalue weighted by molar-refractivity contribution is 0.0695. The normalized spacial score (nSPS) is 48.5. The Bertz CT molecular complexity index is 163. The molecule has 2 saturated heterocycles. The predicted octanol–water partition coefficient (Wildman–Crippen LogP) is 1.98. The molecule has 0 aromatic heterocycles. The van der Waals surface area contributed by atoms with Crippen LogP contribution in [0.5, 0.6) is 0 Å². The summed E-state index contributed by atoms with van der Waals surface area (Å²) >= 11 is 0. The maximum Gasteiger partial charge on any atom is 0.0917 e. The molecule has 2 heterocycles. The van der Waals surface area contributed by atoms with Gasteiger partial charge < -0.3 is 9.47 Å². The molecule has 0 aliphatic carbocycles. The molecule has 0 amide bonds. The minimum absolute atomic E-state index is 0.216. The molecule has 70 valence electrons. The van der Waals surface area contributed by atoms with Crippen molar-refractivity contribution in [1.82, 2.24) is 0 Å². The van der Waals surface area contributed by atoms with E-state index < -0.39 is 0 Å². The molecule has 0 saturated carbocycles. The van der Waals surface area contributed by atoms with Gasteiger partial charge in [-0.15, -0.1) is 0 Å². The molecule has 3 unspecified atom stereocenters. The fraction of sp³-hybridized carbons (Fsp3) is 1.00. The van der Waals surface area contributed by atoms with Crippen LogP contribution in [0.3, 0.4) is 0 Å². The van der Waals surface area contributed by atoms with E-state index >= 15 is 0 Å². The highest BCUT2D eigenvalue weighted by molar-refractivity contribution is 4.94. The van der Waals surface area contributed by atoms with E-state index in [2.05, 4.69) is 13.8 Å². The van der Waals surface area contributed by atoms with Crippen LogP contribution in [0.25, 0.3) is 0 Å². The highest BCUT2D eigenvalue weighted by Crippen LogP contribution is 2.40. The summed E-state index contributed by atoms with van der Waals surface area (Å²) in [6.45, 7) is 6.28. The van der Waals surface area contributed by atoms with Gasteiger partial charge in [-0.25, -0.2) is 0 Å². The van der Waals surface area contributed by atoms with Crippen LogP contribution in [-0.2, 0) is 9.47 Å². The summed E-state index contributed by atoms with van der Waals surface area (Å²) in [5.41, 5.74) is 0.216. The van der Waals surface area contributed by atoms with Crippen LogP contribution in [0, 0.1) is 5.92 Å². The second kappa shape index (κ2) is 3.00. The van der Waals surface area contributed by atoms with Crippen LogP contribution in [0.2, 0.25) is 0 Å². The molecule has 0 aromatic rings. The molecule has 0 bridgehead atoms. The van der Waals surface area contributed by atoms with Gasteiger partial charge in [0.05, 0.1) is 18.3 Å². The summed E-state index contributed by atoms with van der Waals surface area (Å²) in [6.07, 6.45) is 4.11. The van der Waals surface area contributed by atoms with Crippen LogP contribution in [-0.4, -0.2) is 24.9 Å². The minimum Gasteiger partial charge on any atom is -0.378 e. The molecule has 0 aromatic carbocycles. The Kier molecular flexibility index (Phi) is 2.13. The average Bonchev–Trinajstić information content (AvgIpc) is 2.77. The molecule has 2 aliphatic heterocycles. The van der Waals surface area contributed by atoms with Crippen molar-refractivity contribution in [3.05, 3.63) is 0 Å². The van der Waals surface area contributed by atoms with Crippen molar-refractivity contribution in [3.8, 4) is 0 Å². The van der Waals surface area contributed by atoms with E-state index in [4.69, 9.17) is 9.47 Å². The van der Waals surface area contributed by atoms with Gasteiger partial charge in [0, 0.05) is 6.61 Å². The van der Waals surface area contributed by atoms with Crippen molar-refractivity contribution < 1.29 is 9.47 Å². The number of hydrogen-bond donors (Lipinski definition) is 0. The largest absolute Gasteiger partial charge is 0.378 e. The molecule has 2 aliphatic rings. The first kappa shape index (κ1) is 8.52. The second-order valence-electron chi connectivity index (χ2n) is 4.35. The van der Waals surface area contributed by atoms with Crippen molar-refractivity contribution in [2.45, 2.75) is 44.8 Å². The summed E-state index contributed by atoms with van der Waals surface area (Å²) in [5, 5.41) is 0. The van der Waals surface area contributed by atoms with E-state index in [1.54, 1.807) is 0 Å². The molecule has 3 atom stereocenters. The van der Waals surface area contributed by atoms with Crippen molar-refractivity contribution in [3.63, 3.8) is 0 Å². The van der Waals surface area contributed by atoms with Gasteiger partial charge >= 0.3 is 0 Å². The quantitative estimate of drug-likeness (QED) is 0.561. The van der Waals surface area contributed by atoms with Crippen LogP contribution >= 0.6 is 0 Å². The van der Waals surface area contributed by atoms with Gasteiger partial charge in [-0.05, 0) is 39.0 Å². The Labute approximate surface area is 74.2 Å². The SMILES string of the molecule is CC1CCC(C2(C)CO2)CCO1. The van der Waals surface area contributed by atoms with Gasteiger partial charge in [0.2, 0.25) is 0 Å². The number of hydrogen-bond acceptors (Lipinski definition) is 2. The molecular formula is C10H18O2. The summed E-state index contributed by atoms with van der Waals surface area (Å²) in [6, 6.07) is 0. The maximum absolute atomic E-state index is 5.60. The lowest BCUT2D eigenvalue weighted by atomic mass is 9.87. The van der Waals surface area contributed by atoms with E-state index in [1.165, 1.54) is 19.3 Å². The highest BCUT2D eigenvalue weighted by atomic mass is 16.6. The van der Waals surface area contributed by atoms with Crippen molar-refractivity contribution in [2.75, 3.05) is 13.2 Å². The van der Waals surface area contributed by atoms with E-state index in [1.807, 2.05) is 0 Å². The third kappa shape index (κ3) is 1.64. The zero-order valence-electron chi connectivity index (χ0n) is 8.01. The smallest absolute Gasteiger partial charge is 0.0917 e. The molecule has 12 heavy (non-hydrogen) atoms. The average molecular weight is 170 g/mol. The molecular weight excluding hydrogens is 152 g/mol. The molecule has 2 nitrogen and oxygen atoms in total. The summed E-state index contributed by atoms with van der Waals surface area (Å²) in [4.78, 5) is 0. The van der Waals surface area contributed by atoms with Crippen LogP contribution in [0.1, 0.15) is 33.1 Å². The Morgan fingerprint density at radius 1 is 1.25 bits per heavy atom. The van der Waals surface area contributed by atoms with E-state index in [0.717, 1.165) is 19.1 Å². The predicted molar refractivity (Wildman–Crippen MR) is 47.1 cm³/mol. The van der Waals surface area contributed by atoms with Gasteiger partial charge in [-0.3, -0.25) is 0 Å². The van der Waals surface area contributed by atoms with Gasteiger partial charge in [0.15, 0.2) is 0 Å². The monoisotopic (exact) mass is 170 g/mol. The van der Waals surface area contributed by atoms with Crippen molar-refractivity contribution in [1.29, 1.82) is 0 Å². The third-order valence-electron chi connectivity index (χ3n) is 3.25. The molecule has 2 fully saturated rings. The Morgan fingerprint density at radius 2 is 2.00 bits per heavy atom. The zero-order chi connectivity index (χ0) is 8.60. The molecule has 2 heteroatoms. The van der Waals surface area contributed by atoms with Gasteiger partial charge in [-0.1, -0.05) is 0 Å². The highest BCUT2D eigenvalue weighted by Gasteiger charge is 2.46. The Balaban J connectivity index is 1.90. The van der Waals surface area contributed by atoms with E-state index in [-0.39, 0.29) is 5.60 Å². The van der Waals surface area contributed by atoms with Crippen LogP contribution < -0.4 is 0 Å². The van der Waals surface area contributed by atoms with E-state index in [0.29, 0.717) is 6.10 Å². The first-order valence-electron chi connectivity index (χ1n) is 4.96. The van der Waals surface area contributed by atoms with Gasteiger partial charge in [0.1, 0.15) is 0 Å². The summed E-state index contributed by atoms with van der Waals surface area (Å²) in [5.74, 6) is 0.738. The first-order valence-corrected chi connectivity index (χ1v) is 4.96. The van der Waals surface area contributed by atoms with Crippen molar-refractivity contribution in [2.24, 2.45) is 5.92 Å². The third-order valence-corrected chi connectivity index (χ3v) is 3.25. The summed E-state index contributed by atoms with van der Waals surface area (Å²) < 4.78 is 11.1. The number of ether oxygens (including phenoxy) is 2. The van der Waals surface area contributed by atoms with Crippen LogP contribution in [0.4, 0.5) is 0 Å². The molecule has 2 rings (SSSR count). The fourth-order valence-electron chi connectivity index (χ4n) is 2.04. The Hall–Kier alpha value is -0.0800. The number of rotatable bonds is 1. The fourth-order valence-corrected chi connectivity index (χ4v) is 2.04. The van der Waals surface area contributed by atoms with Gasteiger partial charge in [-0.2, -0.15) is 0 Å².